The van der Waals surface area contributed by atoms with Crippen molar-refractivity contribution in [1.29, 1.82) is 0 Å². The van der Waals surface area contributed by atoms with Crippen molar-refractivity contribution in [2.45, 2.75) is 25.0 Å². The summed E-state index contributed by atoms with van der Waals surface area (Å²) < 4.78 is 1.85. The normalized spacial score (nSPS) is 21.2. The third-order valence-corrected chi connectivity index (χ3v) is 4.07. The van der Waals surface area contributed by atoms with Crippen molar-refractivity contribution in [2.24, 2.45) is 7.05 Å². The molecule has 0 radical (unpaired) electrons. The van der Waals surface area contributed by atoms with Gasteiger partial charge in [-0.15, -0.1) is 0 Å². The Morgan fingerprint density at radius 3 is 2.85 bits per heavy atom. The highest BCUT2D eigenvalue weighted by molar-refractivity contribution is 5.18. The molecule has 2 aromatic rings. The zero-order chi connectivity index (χ0) is 13.9. The minimum Gasteiger partial charge on any atom is -0.387 e. The van der Waals surface area contributed by atoms with Crippen LogP contribution in [-0.2, 0) is 7.05 Å². The van der Waals surface area contributed by atoms with Gasteiger partial charge in [0.25, 0.3) is 0 Å². The number of likely N-dealkylation sites (tertiary alicyclic amines) is 1. The lowest BCUT2D eigenvalue weighted by Gasteiger charge is -2.26. The maximum absolute atomic E-state index is 10.4. The Balaban J connectivity index is 1.70. The van der Waals surface area contributed by atoms with Gasteiger partial charge in [-0.25, -0.2) is 0 Å². The summed E-state index contributed by atoms with van der Waals surface area (Å²) >= 11 is 0. The predicted octanol–water partition coefficient (Wildman–Crippen LogP) is 2.29. The molecule has 1 aromatic heterocycles. The lowest BCUT2D eigenvalue weighted by molar-refractivity contribution is 0.106. The molecule has 4 heteroatoms. The van der Waals surface area contributed by atoms with Crippen LogP contribution in [0.4, 0.5) is 0 Å². The van der Waals surface area contributed by atoms with Crippen LogP contribution in [0, 0.1) is 0 Å². The third kappa shape index (κ3) is 2.76. The lowest BCUT2D eigenvalue weighted by atomic mass is 10.1. The number of hydrogen-bond donors (Lipinski definition) is 1. The maximum atomic E-state index is 10.4. The molecule has 2 heterocycles. The number of benzene rings is 1. The first-order valence-corrected chi connectivity index (χ1v) is 7.19. The van der Waals surface area contributed by atoms with Crippen molar-refractivity contribution in [3.05, 3.63) is 53.9 Å². The van der Waals surface area contributed by atoms with Crippen molar-refractivity contribution in [2.75, 3.05) is 13.1 Å². The monoisotopic (exact) mass is 271 g/mol. The summed E-state index contributed by atoms with van der Waals surface area (Å²) in [5, 5.41) is 14.6. The van der Waals surface area contributed by atoms with E-state index < -0.39 is 6.10 Å². The van der Waals surface area contributed by atoms with E-state index in [9.17, 15) is 5.11 Å². The molecule has 4 nitrogen and oxygen atoms in total. The second-order valence-electron chi connectivity index (χ2n) is 5.53. The Bertz CT molecular complexity index is 552. The molecule has 0 amide bonds. The van der Waals surface area contributed by atoms with Gasteiger partial charge in [0.15, 0.2) is 0 Å². The van der Waals surface area contributed by atoms with Crippen LogP contribution in [0.5, 0.6) is 0 Å². The van der Waals surface area contributed by atoms with Gasteiger partial charge >= 0.3 is 0 Å². The Labute approximate surface area is 119 Å². The Morgan fingerprint density at radius 1 is 1.35 bits per heavy atom. The minimum atomic E-state index is -0.423. The zero-order valence-electron chi connectivity index (χ0n) is 11.8. The van der Waals surface area contributed by atoms with Crippen LogP contribution in [0.2, 0.25) is 0 Å². The molecule has 0 unspecified atom stereocenters. The quantitative estimate of drug-likeness (QED) is 0.927. The van der Waals surface area contributed by atoms with Gasteiger partial charge in [0.05, 0.1) is 12.3 Å². The number of rotatable bonds is 4. The van der Waals surface area contributed by atoms with Gasteiger partial charge in [-0.05, 0) is 24.9 Å². The first-order valence-electron chi connectivity index (χ1n) is 7.19. The van der Waals surface area contributed by atoms with E-state index in [-0.39, 0.29) is 0 Å². The largest absolute Gasteiger partial charge is 0.387 e. The van der Waals surface area contributed by atoms with Crippen LogP contribution < -0.4 is 0 Å². The number of aliphatic hydroxyl groups excluding tert-OH is 1. The van der Waals surface area contributed by atoms with E-state index in [1.807, 2.05) is 48.3 Å². The van der Waals surface area contributed by atoms with Gasteiger partial charge in [-0.1, -0.05) is 30.3 Å². The average molecular weight is 271 g/mol. The van der Waals surface area contributed by atoms with E-state index in [0.717, 1.165) is 18.5 Å². The van der Waals surface area contributed by atoms with Crippen LogP contribution in [-0.4, -0.2) is 32.9 Å². The zero-order valence-corrected chi connectivity index (χ0v) is 11.8. The molecule has 2 atom stereocenters. The lowest BCUT2D eigenvalue weighted by Crippen LogP contribution is -2.28. The summed E-state index contributed by atoms with van der Waals surface area (Å²) in [5.41, 5.74) is 2.24. The van der Waals surface area contributed by atoms with E-state index in [0.29, 0.717) is 12.6 Å². The summed E-state index contributed by atoms with van der Waals surface area (Å²) in [6.45, 7) is 1.73. The van der Waals surface area contributed by atoms with Gasteiger partial charge in [-0.2, -0.15) is 5.10 Å². The second kappa shape index (κ2) is 5.77. The van der Waals surface area contributed by atoms with E-state index in [4.69, 9.17) is 0 Å². The molecule has 0 saturated carbocycles. The van der Waals surface area contributed by atoms with Crippen LogP contribution >= 0.6 is 0 Å². The Hall–Kier alpha value is -1.65. The molecule has 1 fully saturated rings. The van der Waals surface area contributed by atoms with Crippen molar-refractivity contribution >= 4 is 0 Å². The molecule has 20 heavy (non-hydrogen) atoms. The second-order valence-corrected chi connectivity index (χ2v) is 5.53. The topological polar surface area (TPSA) is 41.3 Å². The van der Waals surface area contributed by atoms with Crippen molar-refractivity contribution in [3.8, 4) is 0 Å². The van der Waals surface area contributed by atoms with E-state index in [1.54, 1.807) is 0 Å². The van der Waals surface area contributed by atoms with Crippen molar-refractivity contribution in [1.82, 2.24) is 14.7 Å². The summed E-state index contributed by atoms with van der Waals surface area (Å²) in [6, 6.07) is 10.3. The summed E-state index contributed by atoms with van der Waals surface area (Å²) in [4.78, 5) is 2.37. The smallest absolute Gasteiger partial charge is 0.0917 e. The summed E-state index contributed by atoms with van der Waals surface area (Å²) in [6.07, 6.45) is 5.93. The summed E-state index contributed by atoms with van der Waals surface area (Å²) in [7, 11) is 1.95. The van der Waals surface area contributed by atoms with Crippen LogP contribution in [0.1, 0.15) is 36.1 Å². The fourth-order valence-corrected chi connectivity index (χ4v) is 3.04. The van der Waals surface area contributed by atoms with Gasteiger partial charge in [0, 0.05) is 31.4 Å². The number of aromatic nitrogens is 2. The fourth-order valence-electron chi connectivity index (χ4n) is 3.04. The van der Waals surface area contributed by atoms with Gasteiger partial charge in [0.2, 0.25) is 0 Å². The van der Waals surface area contributed by atoms with Crippen molar-refractivity contribution < 1.29 is 5.11 Å². The Morgan fingerprint density at radius 2 is 2.15 bits per heavy atom. The van der Waals surface area contributed by atoms with E-state index >= 15 is 0 Å². The molecule has 1 aliphatic rings. The molecule has 1 aliphatic heterocycles. The number of nitrogens with zero attached hydrogens (tertiary/aromatic N) is 3. The highest BCUT2D eigenvalue weighted by Crippen LogP contribution is 2.33. The van der Waals surface area contributed by atoms with Gasteiger partial charge in [-0.3, -0.25) is 9.58 Å². The highest BCUT2D eigenvalue weighted by atomic mass is 16.3. The Kier molecular flexibility index (Phi) is 3.85. The highest BCUT2D eigenvalue weighted by Gasteiger charge is 2.28. The minimum absolute atomic E-state index is 0.391. The molecular weight excluding hydrogens is 250 g/mol. The third-order valence-electron chi connectivity index (χ3n) is 4.07. The van der Waals surface area contributed by atoms with Gasteiger partial charge in [0.1, 0.15) is 0 Å². The number of hydrogen-bond acceptors (Lipinski definition) is 3. The molecule has 1 saturated heterocycles. The number of β-amino-alcohol motifs (C(OH)–C–C–N with tert-alkyl or cyclic N) is 1. The van der Waals surface area contributed by atoms with Crippen LogP contribution in [0.25, 0.3) is 0 Å². The first-order chi connectivity index (χ1) is 9.74. The van der Waals surface area contributed by atoms with E-state index in [1.165, 1.54) is 12.0 Å². The van der Waals surface area contributed by atoms with Crippen molar-refractivity contribution in [3.63, 3.8) is 0 Å². The molecular formula is C16H21N3O. The predicted molar refractivity (Wildman–Crippen MR) is 78.2 cm³/mol. The molecule has 0 aliphatic carbocycles. The molecule has 1 aromatic carbocycles. The van der Waals surface area contributed by atoms with Crippen LogP contribution in [0.15, 0.2) is 42.7 Å². The maximum Gasteiger partial charge on any atom is 0.0917 e. The molecule has 3 rings (SSSR count). The SMILES string of the molecule is Cn1cc([C@@H]2CCCN2C[C@@H](O)c2ccccc2)cn1. The first kappa shape index (κ1) is 13.3. The number of aryl methyl sites for hydroxylation is 1. The molecule has 1 N–H and O–H groups in total. The number of aliphatic hydroxyl groups is 1. The average Bonchev–Trinajstić information content (AvgIpc) is 3.08. The molecule has 0 spiro atoms. The summed E-state index contributed by atoms with van der Waals surface area (Å²) in [5.74, 6) is 0. The standard InChI is InChI=1S/C16H21N3O/c1-18-11-14(10-17-18)15-8-5-9-19(15)12-16(20)13-6-3-2-4-7-13/h2-4,6-7,10-11,15-16,20H,5,8-9,12H2,1H3/t15-,16+/m0/s1. The van der Waals surface area contributed by atoms with E-state index in [2.05, 4.69) is 16.2 Å². The molecule has 106 valence electrons. The van der Waals surface area contributed by atoms with Crippen LogP contribution in [0.3, 0.4) is 0 Å². The fraction of sp³-hybridized carbons (Fsp3) is 0.438. The molecule has 0 bridgehead atoms. The van der Waals surface area contributed by atoms with Gasteiger partial charge < -0.3 is 5.11 Å².